The van der Waals surface area contributed by atoms with Crippen LogP contribution in [0.25, 0.3) is 6.08 Å². The van der Waals surface area contributed by atoms with Gasteiger partial charge in [0.1, 0.15) is 0 Å². The minimum Gasteiger partial charge on any atom is -0.225 e. The Hall–Kier alpha value is -1.13. The number of aryl methyl sites for hydroxylation is 1. The summed E-state index contributed by atoms with van der Waals surface area (Å²) in [5.41, 5.74) is 1.18. The number of hydrogen-bond acceptors (Lipinski definition) is 2. The highest BCUT2D eigenvalue weighted by Gasteiger charge is 2.14. The van der Waals surface area contributed by atoms with E-state index in [2.05, 4.69) is 6.58 Å². The zero-order valence-electron chi connectivity index (χ0n) is 7.32. The van der Waals surface area contributed by atoms with Crippen LogP contribution in [0.5, 0.6) is 0 Å². The van der Waals surface area contributed by atoms with Crippen molar-refractivity contribution in [3.05, 3.63) is 35.9 Å². The Morgan fingerprint density at radius 1 is 1.46 bits per heavy atom. The monoisotopic (exact) mass is 197 g/mol. The second kappa shape index (κ2) is 3.32. The molecule has 0 saturated carbocycles. The van der Waals surface area contributed by atoms with Gasteiger partial charge >= 0.3 is 0 Å². The van der Waals surface area contributed by atoms with Gasteiger partial charge in [0.2, 0.25) is 10.0 Å². The Bertz CT molecular complexity index is 435. The first-order chi connectivity index (χ1) is 5.96. The van der Waals surface area contributed by atoms with Gasteiger partial charge in [-0.2, -0.15) is 0 Å². The standard InChI is InChI=1S/C9H11NO2S/c1-3-8-6-4-5-7(2)9(8)13(10,11)12/h3-6H,1H2,2H3,(H2,10,11,12). The van der Waals surface area contributed by atoms with Gasteiger partial charge in [-0.3, -0.25) is 0 Å². The summed E-state index contributed by atoms with van der Waals surface area (Å²) in [6, 6.07) is 5.13. The van der Waals surface area contributed by atoms with Crippen molar-refractivity contribution in [2.75, 3.05) is 0 Å². The van der Waals surface area contributed by atoms with Crippen molar-refractivity contribution in [2.45, 2.75) is 11.8 Å². The van der Waals surface area contributed by atoms with Gasteiger partial charge in [0.05, 0.1) is 4.90 Å². The molecule has 0 radical (unpaired) electrons. The number of nitrogens with two attached hydrogens (primary N) is 1. The first-order valence-corrected chi connectivity index (χ1v) is 5.26. The SMILES string of the molecule is C=Cc1cccc(C)c1S(N)(=O)=O. The maximum atomic E-state index is 11.2. The third kappa shape index (κ3) is 1.96. The highest BCUT2D eigenvalue weighted by Crippen LogP contribution is 2.19. The zero-order chi connectivity index (χ0) is 10.1. The summed E-state index contributed by atoms with van der Waals surface area (Å²) in [5, 5.41) is 5.06. The molecule has 4 heteroatoms. The first kappa shape index (κ1) is 9.95. The van der Waals surface area contributed by atoms with E-state index in [0.717, 1.165) is 0 Å². The van der Waals surface area contributed by atoms with Gasteiger partial charge in [0, 0.05) is 0 Å². The van der Waals surface area contributed by atoms with Gasteiger partial charge in [-0.25, -0.2) is 13.6 Å². The number of benzene rings is 1. The quantitative estimate of drug-likeness (QED) is 0.776. The molecule has 2 N–H and O–H groups in total. The normalized spacial score (nSPS) is 11.2. The zero-order valence-corrected chi connectivity index (χ0v) is 8.14. The van der Waals surface area contributed by atoms with E-state index in [-0.39, 0.29) is 4.90 Å². The molecule has 0 saturated heterocycles. The van der Waals surface area contributed by atoms with Crippen LogP contribution in [0.2, 0.25) is 0 Å². The van der Waals surface area contributed by atoms with E-state index >= 15 is 0 Å². The van der Waals surface area contributed by atoms with Gasteiger partial charge in [-0.05, 0) is 18.1 Å². The van der Waals surface area contributed by atoms with Gasteiger partial charge in [-0.1, -0.05) is 30.9 Å². The van der Waals surface area contributed by atoms with Crippen LogP contribution in [0, 0.1) is 6.92 Å². The van der Waals surface area contributed by atoms with E-state index in [1.54, 1.807) is 25.1 Å². The van der Waals surface area contributed by atoms with Crippen LogP contribution in [-0.2, 0) is 10.0 Å². The van der Waals surface area contributed by atoms with Crippen LogP contribution in [0.4, 0.5) is 0 Å². The molecule has 0 aliphatic rings. The second-order valence-electron chi connectivity index (χ2n) is 2.74. The maximum absolute atomic E-state index is 11.2. The smallest absolute Gasteiger partial charge is 0.225 e. The van der Waals surface area contributed by atoms with E-state index in [0.29, 0.717) is 11.1 Å². The average molecular weight is 197 g/mol. The molecule has 0 spiro atoms. The molecule has 13 heavy (non-hydrogen) atoms. The van der Waals surface area contributed by atoms with Crippen LogP contribution >= 0.6 is 0 Å². The fourth-order valence-electron chi connectivity index (χ4n) is 1.22. The predicted molar refractivity (Wildman–Crippen MR) is 52.6 cm³/mol. The lowest BCUT2D eigenvalue weighted by molar-refractivity contribution is 0.597. The molecule has 1 rings (SSSR count). The van der Waals surface area contributed by atoms with Crippen molar-refractivity contribution in [1.29, 1.82) is 0 Å². The highest BCUT2D eigenvalue weighted by atomic mass is 32.2. The van der Waals surface area contributed by atoms with Crippen LogP contribution in [-0.4, -0.2) is 8.42 Å². The molecule has 0 amide bonds. The predicted octanol–water partition coefficient (Wildman–Crippen LogP) is 1.29. The van der Waals surface area contributed by atoms with Crippen LogP contribution < -0.4 is 5.14 Å². The molecule has 3 nitrogen and oxygen atoms in total. The van der Waals surface area contributed by atoms with Gasteiger partial charge in [-0.15, -0.1) is 0 Å². The molecule has 0 bridgehead atoms. The van der Waals surface area contributed by atoms with Gasteiger partial charge in [0.25, 0.3) is 0 Å². The van der Waals surface area contributed by atoms with Crippen molar-refractivity contribution < 1.29 is 8.42 Å². The second-order valence-corrected chi connectivity index (χ2v) is 4.24. The molecule has 0 heterocycles. The number of rotatable bonds is 2. The lowest BCUT2D eigenvalue weighted by atomic mass is 10.1. The molecule has 0 atom stereocenters. The van der Waals surface area contributed by atoms with E-state index < -0.39 is 10.0 Å². The lowest BCUT2D eigenvalue weighted by Gasteiger charge is -2.06. The first-order valence-electron chi connectivity index (χ1n) is 3.71. The van der Waals surface area contributed by atoms with E-state index in [1.807, 2.05) is 0 Å². The Morgan fingerprint density at radius 3 is 2.46 bits per heavy atom. The van der Waals surface area contributed by atoms with Crippen molar-refractivity contribution >= 4 is 16.1 Å². The third-order valence-corrected chi connectivity index (χ3v) is 2.87. The van der Waals surface area contributed by atoms with Crippen LogP contribution in [0.3, 0.4) is 0 Å². The molecule has 0 aromatic heterocycles. The summed E-state index contributed by atoms with van der Waals surface area (Å²) in [6.07, 6.45) is 1.48. The maximum Gasteiger partial charge on any atom is 0.238 e. The Balaban J connectivity index is 3.59. The van der Waals surface area contributed by atoms with Crippen molar-refractivity contribution in [3.63, 3.8) is 0 Å². The summed E-state index contributed by atoms with van der Waals surface area (Å²) in [4.78, 5) is 0.157. The summed E-state index contributed by atoms with van der Waals surface area (Å²) in [7, 11) is -3.65. The lowest BCUT2D eigenvalue weighted by Crippen LogP contribution is -2.15. The molecule has 0 aliphatic carbocycles. The average Bonchev–Trinajstić information content (AvgIpc) is 2.01. The molecule has 0 aliphatic heterocycles. The topological polar surface area (TPSA) is 60.2 Å². The van der Waals surface area contributed by atoms with E-state index in [4.69, 9.17) is 5.14 Å². The molecule has 1 aromatic carbocycles. The van der Waals surface area contributed by atoms with E-state index in [9.17, 15) is 8.42 Å². The molecular formula is C9H11NO2S. The largest absolute Gasteiger partial charge is 0.238 e. The number of hydrogen-bond donors (Lipinski definition) is 1. The van der Waals surface area contributed by atoms with Crippen LogP contribution in [0.15, 0.2) is 29.7 Å². The summed E-state index contributed by atoms with van der Waals surface area (Å²) >= 11 is 0. The van der Waals surface area contributed by atoms with Crippen LogP contribution in [0.1, 0.15) is 11.1 Å². The fourth-order valence-corrected chi connectivity index (χ4v) is 2.22. The molecule has 0 fully saturated rings. The Morgan fingerprint density at radius 2 is 2.08 bits per heavy atom. The Labute approximate surface area is 77.9 Å². The summed E-state index contributed by atoms with van der Waals surface area (Å²) in [5.74, 6) is 0. The minimum absolute atomic E-state index is 0.157. The fraction of sp³-hybridized carbons (Fsp3) is 0.111. The van der Waals surface area contributed by atoms with Crippen molar-refractivity contribution in [3.8, 4) is 0 Å². The molecular weight excluding hydrogens is 186 g/mol. The van der Waals surface area contributed by atoms with Gasteiger partial charge in [0.15, 0.2) is 0 Å². The highest BCUT2D eigenvalue weighted by molar-refractivity contribution is 7.89. The summed E-state index contributed by atoms with van der Waals surface area (Å²) < 4.78 is 22.3. The number of primary sulfonamides is 1. The summed E-state index contributed by atoms with van der Waals surface area (Å²) in [6.45, 7) is 5.23. The Kier molecular flexibility index (Phi) is 2.54. The van der Waals surface area contributed by atoms with E-state index in [1.165, 1.54) is 6.08 Å². The minimum atomic E-state index is -3.65. The van der Waals surface area contributed by atoms with Crippen molar-refractivity contribution in [2.24, 2.45) is 5.14 Å². The molecule has 0 unspecified atom stereocenters. The van der Waals surface area contributed by atoms with Crippen molar-refractivity contribution in [1.82, 2.24) is 0 Å². The third-order valence-electron chi connectivity index (χ3n) is 1.75. The molecule has 70 valence electrons. The van der Waals surface area contributed by atoms with Gasteiger partial charge < -0.3 is 0 Å². The molecule has 1 aromatic rings. The number of sulfonamides is 1.